The molecule has 1 amide bonds. The monoisotopic (exact) mass is 315 g/mol. The van der Waals surface area contributed by atoms with Crippen LogP contribution in [0.4, 0.5) is 5.69 Å². The molecule has 2 rings (SSSR count). The van der Waals surface area contributed by atoms with Crippen molar-refractivity contribution in [2.24, 2.45) is 0 Å². The second kappa shape index (κ2) is 6.83. The van der Waals surface area contributed by atoms with E-state index in [-0.39, 0.29) is 5.56 Å². The normalized spacial score (nSPS) is 10.0. The lowest BCUT2D eigenvalue weighted by molar-refractivity contribution is 0.0695. The Balaban J connectivity index is 2.33. The van der Waals surface area contributed by atoms with Crippen molar-refractivity contribution >= 4 is 17.6 Å². The molecule has 2 aromatic carbocycles. The highest BCUT2D eigenvalue weighted by atomic mass is 16.5. The highest BCUT2D eigenvalue weighted by Crippen LogP contribution is 2.26. The van der Waals surface area contributed by atoms with Crippen LogP contribution in [-0.2, 0) is 0 Å². The number of carbonyl (C=O) groups excluding carboxylic acids is 1. The van der Waals surface area contributed by atoms with E-state index in [9.17, 15) is 9.59 Å². The number of carboxylic acids is 1. The van der Waals surface area contributed by atoms with E-state index in [0.717, 1.165) is 0 Å². The number of anilines is 1. The average molecular weight is 315 g/mol. The Hall–Kier alpha value is -3.02. The molecule has 23 heavy (non-hydrogen) atoms. The van der Waals surface area contributed by atoms with Gasteiger partial charge in [-0.3, -0.25) is 4.79 Å². The molecular weight excluding hydrogens is 298 g/mol. The van der Waals surface area contributed by atoms with Crippen LogP contribution in [0.15, 0.2) is 36.4 Å². The van der Waals surface area contributed by atoms with Gasteiger partial charge in [-0.05, 0) is 36.8 Å². The minimum atomic E-state index is -1.04. The third-order valence-electron chi connectivity index (χ3n) is 3.47. The lowest BCUT2D eigenvalue weighted by Crippen LogP contribution is -2.15. The number of aromatic carboxylic acids is 1. The molecule has 120 valence electrons. The summed E-state index contributed by atoms with van der Waals surface area (Å²) < 4.78 is 10.3. The van der Waals surface area contributed by atoms with Gasteiger partial charge in [0.2, 0.25) is 0 Å². The van der Waals surface area contributed by atoms with Crippen LogP contribution in [0.2, 0.25) is 0 Å². The summed E-state index contributed by atoms with van der Waals surface area (Å²) in [6, 6.07) is 9.56. The summed E-state index contributed by atoms with van der Waals surface area (Å²) in [5.41, 5.74) is 1.39. The number of carboxylic acid groups (broad SMARTS) is 1. The Labute approximate surface area is 133 Å². The molecule has 0 saturated heterocycles. The van der Waals surface area contributed by atoms with Gasteiger partial charge in [0.15, 0.2) is 0 Å². The number of amides is 1. The molecule has 0 atom stereocenters. The number of benzene rings is 2. The van der Waals surface area contributed by atoms with E-state index in [0.29, 0.717) is 28.3 Å². The maximum atomic E-state index is 12.4. The SMILES string of the molecule is COc1ccc(C(=O)Nc2cccc(C(=O)O)c2C)c(OC)c1. The van der Waals surface area contributed by atoms with Gasteiger partial charge in [-0.2, -0.15) is 0 Å². The van der Waals surface area contributed by atoms with Gasteiger partial charge in [0.05, 0.1) is 25.3 Å². The van der Waals surface area contributed by atoms with Crippen LogP contribution < -0.4 is 14.8 Å². The molecule has 0 aromatic heterocycles. The lowest BCUT2D eigenvalue weighted by atomic mass is 10.1. The van der Waals surface area contributed by atoms with E-state index in [1.54, 1.807) is 37.3 Å². The first kappa shape index (κ1) is 16.4. The predicted molar refractivity (Wildman–Crippen MR) is 85.6 cm³/mol. The Morgan fingerprint density at radius 3 is 2.39 bits per heavy atom. The number of hydrogen-bond acceptors (Lipinski definition) is 4. The summed E-state index contributed by atoms with van der Waals surface area (Å²) in [7, 11) is 2.98. The molecule has 0 unspecified atom stereocenters. The van der Waals surface area contributed by atoms with Gasteiger partial charge in [0.25, 0.3) is 5.91 Å². The fourth-order valence-electron chi connectivity index (χ4n) is 2.18. The van der Waals surface area contributed by atoms with Gasteiger partial charge in [-0.1, -0.05) is 6.07 Å². The Kier molecular flexibility index (Phi) is 4.85. The van der Waals surface area contributed by atoms with Crippen LogP contribution in [0.3, 0.4) is 0 Å². The van der Waals surface area contributed by atoms with Gasteiger partial charge in [0, 0.05) is 11.8 Å². The lowest BCUT2D eigenvalue weighted by Gasteiger charge is -2.13. The van der Waals surface area contributed by atoms with Crippen molar-refractivity contribution in [3.63, 3.8) is 0 Å². The minimum Gasteiger partial charge on any atom is -0.497 e. The molecule has 0 saturated carbocycles. The molecule has 0 aliphatic rings. The quantitative estimate of drug-likeness (QED) is 0.886. The number of ether oxygens (including phenoxy) is 2. The molecular formula is C17H17NO5. The number of nitrogens with one attached hydrogen (secondary N) is 1. The van der Waals surface area contributed by atoms with E-state index in [4.69, 9.17) is 14.6 Å². The molecule has 0 radical (unpaired) electrons. The molecule has 0 aliphatic carbocycles. The second-order valence-electron chi connectivity index (χ2n) is 4.80. The summed E-state index contributed by atoms with van der Waals surface area (Å²) in [6.07, 6.45) is 0. The molecule has 0 bridgehead atoms. The minimum absolute atomic E-state index is 0.143. The maximum Gasteiger partial charge on any atom is 0.336 e. The third-order valence-corrected chi connectivity index (χ3v) is 3.47. The standard InChI is InChI=1S/C17H17NO5/c1-10-12(17(20)21)5-4-6-14(10)18-16(19)13-8-7-11(22-2)9-15(13)23-3/h4-9H,1-3H3,(H,18,19)(H,20,21). The van der Waals surface area contributed by atoms with Crippen molar-refractivity contribution in [1.82, 2.24) is 0 Å². The van der Waals surface area contributed by atoms with Crippen LogP contribution in [0, 0.1) is 6.92 Å². The first-order valence-corrected chi connectivity index (χ1v) is 6.84. The Morgan fingerprint density at radius 2 is 1.78 bits per heavy atom. The van der Waals surface area contributed by atoms with Gasteiger partial charge in [-0.25, -0.2) is 4.79 Å². The van der Waals surface area contributed by atoms with E-state index in [1.165, 1.54) is 20.3 Å². The molecule has 6 heteroatoms. The van der Waals surface area contributed by atoms with Crippen LogP contribution in [0.25, 0.3) is 0 Å². The van der Waals surface area contributed by atoms with E-state index < -0.39 is 11.9 Å². The van der Waals surface area contributed by atoms with Crippen molar-refractivity contribution < 1.29 is 24.2 Å². The zero-order chi connectivity index (χ0) is 17.0. The van der Waals surface area contributed by atoms with Crippen LogP contribution in [0.1, 0.15) is 26.3 Å². The fraction of sp³-hybridized carbons (Fsp3) is 0.176. The topological polar surface area (TPSA) is 84.9 Å². The number of carbonyl (C=O) groups is 2. The summed E-state index contributed by atoms with van der Waals surface area (Å²) in [6.45, 7) is 1.64. The van der Waals surface area contributed by atoms with Crippen molar-refractivity contribution in [2.75, 3.05) is 19.5 Å². The zero-order valence-corrected chi connectivity index (χ0v) is 13.0. The number of rotatable bonds is 5. The van der Waals surface area contributed by atoms with Crippen molar-refractivity contribution in [3.8, 4) is 11.5 Å². The smallest absolute Gasteiger partial charge is 0.336 e. The highest BCUT2D eigenvalue weighted by Gasteiger charge is 2.16. The highest BCUT2D eigenvalue weighted by molar-refractivity contribution is 6.07. The largest absolute Gasteiger partial charge is 0.497 e. The molecule has 0 fully saturated rings. The van der Waals surface area contributed by atoms with Gasteiger partial charge in [0.1, 0.15) is 11.5 Å². The Bertz CT molecular complexity index is 755. The van der Waals surface area contributed by atoms with E-state index in [2.05, 4.69) is 5.32 Å². The zero-order valence-electron chi connectivity index (χ0n) is 13.0. The van der Waals surface area contributed by atoms with Crippen LogP contribution >= 0.6 is 0 Å². The third kappa shape index (κ3) is 3.42. The number of methoxy groups -OCH3 is 2. The molecule has 0 spiro atoms. The molecule has 2 N–H and O–H groups in total. The summed E-state index contributed by atoms with van der Waals surface area (Å²) >= 11 is 0. The molecule has 0 aliphatic heterocycles. The summed E-state index contributed by atoms with van der Waals surface area (Å²) in [5.74, 6) is -0.493. The van der Waals surface area contributed by atoms with Gasteiger partial charge in [-0.15, -0.1) is 0 Å². The van der Waals surface area contributed by atoms with E-state index >= 15 is 0 Å². The summed E-state index contributed by atoms with van der Waals surface area (Å²) in [4.78, 5) is 23.6. The predicted octanol–water partition coefficient (Wildman–Crippen LogP) is 2.96. The first-order valence-electron chi connectivity index (χ1n) is 6.84. The average Bonchev–Trinajstić information content (AvgIpc) is 2.55. The van der Waals surface area contributed by atoms with Crippen LogP contribution in [0.5, 0.6) is 11.5 Å². The molecule has 0 heterocycles. The van der Waals surface area contributed by atoms with Crippen molar-refractivity contribution in [2.45, 2.75) is 6.92 Å². The molecule has 6 nitrogen and oxygen atoms in total. The van der Waals surface area contributed by atoms with Gasteiger partial charge < -0.3 is 19.9 Å². The second-order valence-corrected chi connectivity index (χ2v) is 4.80. The maximum absolute atomic E-state index is 12.4. The van der Waals surface area contributed by atoms with Crippen molar-refractivity contribution in [1.29, 1.82) is 0 Å². The number of hydrogen-bond donors (Lipinski definition) is 2. The van der Waals surface area contributed by atoms with Gasteiger partial charge >= 0.3 is 5.97 Å². The van der Waals surface area contributed by atoms with E-state index in [1.807, 2.05) is 0 Å². The Morgan fingerprint density at radius 1 is 1.04 bits per heavy atom. The first-order chi connectivity index (χ1) is 11.0. The summed E-state index contributed by atoms with van der Waals surface area (Å²) in [5, 5.41) is 11.8. The molecule has 2 aromatic rings. The van der Waals surface area contributed by atoms with Crippen LogP contribution in [-0.4, -0.2) is 31.2 Å². The fourth-order valence-corrected chi connectivity index (χ4v) is 2.18. The van der Waals surface area contributed by atoms with Crippen molar-refractivity contribution in [3.05, 3.63) is 53.1 Å².